The molecule has 2 heterocycles. The molecule has 0 saturated carbocycles. The highest BCUT2D eigenvalue weighted by atomic mass is 16.2. The average molecular weight is 442 g/mol. The summed E-state index contributed by atoms with van der Waals surface area (Å²) < 4.78 is 1.91. The van der Waals surface area contributed by atoms with E-state index >= 15 is 0 Å². The molecule has 0 saturated heterocycles. The maximum atomic E-state index is 13.5. The molecule has 0 bridgehead atoms. The van der Waals surface area contributed by atoms with Crippen LogP contribution < -0.4 is 4.90 Å². The van der Waals surface area contributed by atoms with Crippen molar-refractivity contribution in [2.24, 2.45) is 0 Å². The molecule has 0 aliphatic carbocycles. The lowest BCUT2D eigenvalue weighted by molar-refractivity contribution is -0.119. The molecule has 0 N–H and O–H groups in total. The van der Waals surface area contributed by atoms with E-state index in [4.69, 9.17) is 4.98 Å². The minimum atomic E-state index is -0.152. The third-order valence-corrected chi connectivity index (χ3v) is 5.48. The number of carbonyl (C=O) groups is 2. The Kier molecular flexibility index (Phi) is 6.49. The number of pyridine rings is 1. The van der Waals surface area contributed by atoms with Crippen LogP contribution in [0.5, 0.6) is 0 Å². The zero-order valence-electron chi connectivity index (χ0n) is 19.0. The zero-order chi connectivity index (χ0) is 23.4. The number of aromatic nitrogens is 3. The van der Waals surface area contributed by atoms with Gasteiger partial charge in [-0.05, 0) is 50.2 Å². The van der Waals surface area contributed by atoms with Crippen LogP contribution in [-0.2, 0) is 17.9 Å². The summed E-state index contributed by atoms with van der Waals surface area (Å²) in [7, 11) is 1.73. The number of carbonyl (C=O) groups excluding carboxylic acids is 2. The summed E-state index contributed by atoms with van der Waals surface area (Å²) in [6, 6.07) is 20.8. The van der Waals surface area contributed by atoms with E-state index in [9.17, 15) is 9.59 Å². The monoisotopic (exact) mass is 441 g/mol. The molecule has 4 aromatic rings. The predicted octanol–water partition coefficient (Wildman–Crippen LogP) is 4.15. The molecule has 7 heteroatoms. The number of amides is 2. The Bertz CT molecular complexity index is 1250. The topological polar surface area (TPSA) is 71.3 Å². The molecule has 2 aromatic heterocycles. The average Bonchev–Trinajstić information content (AvgIpc) is 3.16. The molecule has 2 aromatic carbocycles. The number of nitrogens with zero attached hydrogens (tertiary/aromatic N) is 5. The van der Waals surface area contributed by atoms with E-state index in [2.05, 4.69) is 4.98 Å². The van der Waals surface area contributed by atoms with E-state index in [1.807, 2.05) is 73.0 Å². The SMILES string of the molecule is CC(C)N(C(=O)Cn1c(CN(C)C(=O)c2cccnc2)nc2ccccc21)c1ccccc1. The van der Waals surface area contributed by atoms with Crippen molar-refractivity contribution >= 4 is 28.5 Å². The lowest BCUT2D eigenvalue weighted by atomic mass is 10.2. The van der Waals surface area contributed by atoms with Crippen LogP contribution in [0.25, 0.3) is 11.0 Å². The quantitative estimate of drug-likeness (QED) is 0.432. The molecular weight excluding hydrogens is 414 g/mol. The van der Waals surface area contributed by atoms with Gasteiger partial charge in [-0.3, -0.25) is 14.6 Å². The number of anilines is 1. The summed E-state index contributed by atoms with van der Waals surface area (Å²) in [5, 5.41) is 0. The molecule has 0 spiro atoms. The molecule has 0 atom stereocenters. The summed E-state index contributed by atoms with van der Waals surface area (Å²) in [6.07, 6.45) is 3.18. The Morgan fingerprint density at radius 3 is 2.39 bits per heavy atom. The van der Waals surface area contributed by atoms with Gasteiger partial charge in [0, 0.05) is 31.2 Å². The van der Waals surface area contributed by atoms with Gasteiger partial charge in [0.25, 0.3) is 5.91 Å². The van der Waals surface area contributed by atoms with Gasteiger partial charge in [-0.15, -0.1) is 0 Å². The van der Waals surface area contributed by atoms with Gasteiger partial charge in [-0.2, -0.15) is 0 Å². The van der Waals surface area contributed by atoms with Crippen molar-refractivity contribution in [3.8, 4) is 0 Å². The summed E-state index contributed by atoms with van der Waals surface area (Å²) >= 11 is 0. The number of fused-ring (bicyclic) bond motifs is 1. The highest BCUT2D eigenvalue weighted by Crippen LogP contribution is 2.21. The first-order chi connectivity index (χ1) is 16.0. The second kappa shape index (κ2) is 9.65. The number of benzene rings is 2. The number of hydrogen-bond donors (Lipinski definition) is 0. The van der Waals surface area contributed by atoms with E-state index in [0.717, 1.165) is 16.7 Å². The lowest BCUT2D eigenvalue weighted by Crippen LogP contribution is -2.39. The molecule has 0 radical (unpaired) electrons. The molecule has 0 aliphatic heterocycles. The number of rotatable bonds is 7. The molecule has 33 heavy (non-hydrogen) atoms. The molecule has 2 amide bonds. The second-order valence-corrected chi connectivity index (χ2v) is 8.20. The van der Waals surface area contributed by atoms with E-state index in [1.54, 1.807) is 41.4 Å². The zero-order valence-corrected chi connectivity index (χ0v) is 19.0. The fraction of sp³-hybridized carbons (Fsp3) is 0.231. The van der Waals surface area contributed by atoms with Gasteiger partial charge in [0.15, 0.2) is 0 Å². The maximum absolute atomic E-state index is 13.5. The Hall–Kier alpha value is -4.00. The predicted molar refractivity (Wildman–Crippen MR) is 129 cm³/mol. The molecule has 168 valence electrons. The van der Waals surface area contributed by atoms with E-state index in [0.29, 0.717) is 11.4 Å². The van der Waals surface area contributed by atoms with Gasteiger partial charge < -0.3 is 14.4 Å². The first-order valence-corrected chi connectivity index (χ1v) is 10.9. The molecule has 7 nitrogen and oxygen atoms in total. The first kappa shape index (κ1) is 22.2. The Morgan fingerprint density at radius 2 is 1.70 bits per heavy atom. The first-order valence-electron chi connectivity index (χ1n) is 10.9. The molecule has 0 aliphatic rings. The van der Waals surface area contributed by atoms with Crippen LogP contribution in [-0.4, -0.2) is 44.3 Å². The minimum absolute atomic E-state index is 0.00651. The summed E-state index contributed by atoms with van der Waals surface area (Å²) in [5.74, 6) is 0.462. The fourth-order valence-electron chi connectivity index (χ4n) is 3.95. The lowest BCUT2D eigenvalue weighted by Gasteiger charge is -2.27. The molecule has 0 fully saturated rings. The van der Waals surface area contributed by atoms with Crippen molar-refractivity contribution in [1.29, 1.82) is 0 Å². The largest absolute Gasteiger partial charge is 0.334 e. The Balaban J connectivity index is 1.65. The summed E-state index contributed by atoms with van der Waals surface area (Å²) in [4.78, 5) is 38.5. The standard InChI is InChI=1S/C26H27N5O2/c1-19(2)31(21-11-5-4-6-12-21)25(32)18-30-23-14-8-7-13-22(23)28-24(30)17-29(3)26(33)20-10-9-15-27-16-20/h4-16,19H,17-18H2,1-3H3. The third kappa shape index (κ3) is 4.77. The van der Waals surface area contributed by atoms with Gasteiger partial charge in [0.2, 0.25) is 5.91 Å². The molecular formula is C26H27N5O2. The second-order valence-electron chi connectivity index (χ2n) is 8.20. The van der Waals surface area contributed by atoms with E-state index < -0.39 is 0 Å². The minimum Gasteiger partial charge on any atom is -0.334 e. The summed E-state index contributed by atoms with van der Waals surface area (Å²) in [6.45, 7) is 4.39. The highest BCUT2D eigenvalue weighted by molar-refractivity contribution is 5.95. The van der Waals surface area contributed by atoms with Crippen LogP contribution in [0.3, 0.4) is 0 Å². The maximum Gasteiger partial charge on any atom is 0.255 e. The number of imidazole rings is 1. The normalized spacial score (nSPS) is 11.0. The van der Waals surface area contributed by atoms with Gasteiger partial charge in [0.05, 0.1) is 23.1 Å². The Morgan fingerprint density at radius 1 is 0.970 bits per heavy atom. The van der Waals surface area contributed by atoms with Crippen molar-refractivity contribution in [2.75, 3.05) is 11.9 Å². The number of hydrogen-bond acceptors (Lipinski definition) is 4. The van der Waals surface area contributed by atoms with E-state index in [1.165, 1.54) is 0 Å². The van der Waals surface area contributed by atoms with Crippen LogP contribution in [0.4, 0.5) is 5.69 Å². The fourth-order valence-corrected chi connectivity index (χ4v) is 3.95. The van der Waals surface area contributed by atoms with Crippen LogP contribution >= 0.6 is 0 Å². The Labute approximate surface area is 193 Å². The van der Waals surface area contributed by atoms with Gasteiger partial charge in [-0.25, -0.2) is 4.98 Å². The third-order valence-electron chi connectivity index (χ3n) is 5.48. The van der Waals surface area contributed by atoms with Gasteiger partial charge in [0.1, 0.15) is 12.4 Å². The number of para-hydroxylation sites is 3. The van der Waals surface area contributed by atoms with Crippen LogP contribution in [0.2, 0.25) is 0 Å². The van der Waals surface area contributed by atoms with Crippen molar-refractivity contribution in [2.45, 2.75) is 33.0 Å². The highest BCUT2D eigenvalue weighted by Gasteiger charge is 2.23. The summed E-state index contributed by atoms with van der Waals surface area (Å²) in [5.41, 5.74) is 3.01. The van der Waals surface area contributed by atoms with Crippen molar-refractivity contribution in [1.82, 2.24) is 19.4 Å². The van der Waals surface area contributed by atoms with Gasteiger partial charge in [-0.1, -0.05) is 30.3 Å². The van der Waals surface area contributed by atoms with Gasteiger partial charge >= 0.3 is 0 Å². The smallest absolute Gasteiger partial charge is 0.255 e. The van der Waals surface area contributed by atoms with Crippen molar-refractivity contribution < 1.29 is 9.59 Å². The molecule has 4 rings (SSSR count). The van der Waals surface area contributed by atoms with Crippen molar-refractivity contribution in [3.05, 3.63) is 90.5 Å². The van der Waals surface area contributed by atoms with Crippen LogP contribution in [0.1, 0.15) is 30.0 Å². The molecule has 0 unspecified atom stereocenters. The van der Waals surface area contributed by atoms with Crippen LogP contribution in [0.15, 0.2) is 79.1 Å². The van der Waals surface area contributed by atoms with Crippen molar-refractivity contribution in [3.63, 3.8) is 0 Å². The van der Waals surface area contributed by atoms with E-state index in [-0.39, 0.29) is 30.9 Å². The van der Waals surface area contributed by atoms with Crippen LogP contribution in [0, 0.1) is 0 Å².